The molecule has 1 atom stereocenters. The topological polar surface area (TPSA) is 55.8 Å². The zero-order valence-corrected chi connectivity index (χ0v) is 17.1. The van der Waals surface area contributed by atoms with Gasteiger partial charge < -0.3 is 14.9 Å². The lowest BCUT2D eigenvalue weighted by molar-refractivity contribution is 0.151. The van der Waals surface area contributed by atoms with Crippen molar-refractivity contribution in [3.63, 3.8) is 0 Å². The molecule has 3 heterocycles. The number of nitrogens with zero attached hydrogens (tertiary/aromatic N) is 3. The minimum atomic E-state index is 0.167. The fourth-order valence-corrected chi connectivity index (χ4v) is 4.04. The van der Waals surface area contributed by atoms with Crippen LogP contribution >= 0.6 is 0 Å². The van der Waals surface area contributed by atoms with Crippen molar-refractivity contribution in [2.24, 2.45) is 0 Å². The van der Waals surface area contributed by atoms with Crippen LogP contribution in [0, 0.1) is 0 Å². The van der Waals surface area contributed by atoms with Crippen molar-refractivity contribution in [3.8, 4) is 17.0 Å². The van der Waals surface area contributed by atoms with E-state index in [9.17, 15) is 0 Å². The molecule has 0 amide bonds. The number of hydrogen-bond donors (Lipinski definition) is 1. The molecule has 2 N–H and O–H groups in total. The van der Waals surface area contributed by atoms with Crippen molar-refractivity contribution in [1.82, 2.24) is 14.3 Å². The van der Waals surface area contributed by atoms with E-state index in [-0.39, 0.29) is 6.10 Å². The molecule has 1 aromatic carbocycles. The van der Waals surface area contributed by atoms with Crippen molar-refractivity contribution >= 4 is 11.3 Å². The summed E-state index contributed by atoms with van der Waals surface area (Å²) in [6.45, 7) is 8.42. The average molecular weight is 379 g/mol. The number of nitrogens with two attached hydrogens (primary N) is 1. The first kappa shape index (κ1) is 18.8. The number of benzene rings is 1. The highest BCUT2D eigenvalue weighted by Gasteiger charge is 2.22. The molecule has 5 nitrogen and oxygen atoms in total. The number of rotatable bonds is 5. The highest BCUT2D eigenvalue weighted by Crippen LogP contribution is 2.30. The third kappa shape index (κ3) is 3.85. The molecule has 1 aliphatic rings. The predicted molar refractivity (Wildman–Crippen MR) is 115 cm³/mol. The lowest BCUT2D eigenvalue weighted by Gasteiger charge is -2.33. The molecule has 0 saturated carbocycles. The molecule has 1 fully saturated rings. The molecule has 5 heteroatoms. The third-order valence-corrected chi connectivity index (χ3v) is 5.53. The average Bonchev–Trinajstić information content (AvgIpc) is 3.01. The highest BCUT2D eigenvalue weighted by molar-refractivity contribution is 5.68. The van der Waals surface area contributed by atoms with Gasteiger partial charge in [-0.15, -0.1) is 0 Å². The van der Waals surface area contributed by atoms with Gasteiger partial charge in [-0.3, -0.25) is 4.90 Å². The Labute approximate surface area is 167 Å². The first-order valence-electron chi connectivity index (χ1n) is 10.3. The number of ether oxygens (including phenoxy) is 1. The number of anilines is 1. The van der Waals surface area contributed by atoms with Gasteiger partial charge >= 0.3 is 0 Å². The molecule has 1 aliphatic heterocycles. The van der Waals surface area contributed by atoms with Crippen LogP contribution in [0.5, 0.6) is 5.75 Å². The second kappa shape index (κ2) is 7.84. The van der Waals surface area contributed by atoms with Gasteiger partial charge in [0.2, 0.25) is 0 Å². The van der Waals surface area contributed by atoms with Crippen molar-refractivity contribution < 1.29 is 4.74 Å². The smallest absolute Gasteiger partial charge is 0.137 e. The van der Waals surface area contributed by atoms with Gasteiger partial charge in [0.25, 0.3) is 0 Å². The SMILES string of the molecule is CC(C)Oc1ccc(-c2nc3ccc(N)cn3c2CN2CCCCC2C)cc1. The lowest BCUT2D eigenvalue weighted by atomic mass is 10.0. The number of fused-ring (bicyclic) bond motifs is 1. The Hall–Kier alpha value is -2.53. The number of imidazole rings is 1. The number of aromatic nitrogens is 2. The van der Waals surface area contributed by atoms with Gasteiger partial charge in [-0.05, 0) is 76.6 Å². The summed E-state index contributed by atoms with van der Waals surface area (Å²) in [5, 5.41) is 0. The molecule has 0 aliphatic carbocycles. The monoisotopic (exact) mass is 378 g/mol. The molecular formula is C23H30N4O. The Bertz CT molecular complexity index is 945. The molecule has 148 valence electrons. The van der Waals surface area contributed by atoms with E-state index >= 15 is 0 Å². The van der Waals surface area contributed by atoms with E-state index in [1.165, 1.54) is 25.0 Å². The van der Waals surface area contributed by atoms with Crippen molar-refractivity contribution in [1.29, 1.82) is 0 Å². The zero-order valence-electron chi connectivity index (χ0n) is 17.1. The molecule has 28 heavy (non-hydrogen) atoms. The van der Waals surface area contributed by atoms with Gasteiger partial charge in [-0.1, -0.05) is 6.42 Å². The maximum atomic E-state index is 6.09. The summed E-state index contributed by atoms with van der Waals surface area (Å²) >= 11 is 0. The Morgan fingerprint density at radius 3 is 2.64 bits per heavy atom. The van der Waals surface area contributed by atoms with E-state index in [2.05, 4.69) is 28.4 Å². The maximum absolute atomic E-state index is 6.09. The number of nitrogen functional groups attached to an aromatic ring is 1. The number of piperidine rings is 1. The van der Waals surface area contributed by atoms with Crippen molar-refractivity contribution in [2.75, 3.05) is 12.3 Å². The van der Waals surface area contributed by atoms with Crippen LogP contribution in [0.25, 0.3) is 16.9 Å². The largest absolute Gasteiger partial charge is 0.491 e. The molecule has 3 aromatic rings. The second-order valence-electron chi connectivity index (χ2n) is 8.10. The van der Waals surface area contributed by atoms with E-state index in [1.807, 2.05) is 44.3 Å². The fraction of sp³-hybridized carbons (Fsp3) is 0.435. The van der Waals surface area contributed by atoms with Crippen LogP contribution in [0.1, 0.15) is 45.7 Å². The first-order chi connectivity index (χ1) is 13.5. The van der Waals surface area contributed by atoms with Gasteiger partial charge in [0.1, 0.15) is 11.4 Å². The van der Waals surface area contributed by atoms with Crippen LogP contribution in [0.2, 0.25) is 0 Å². The van der Waals surface area contributed by atoms with E-state index in [0.717, 1.165) is 41.4 Å². The van der Waals surface area contributed by atoms with Crippen LogP contribution in [-0.2, 0) is 6.54 Å². The lowest BCUT2D eigenvalue weighted by Crippen LogP contribution is -2.37. The molecule has 2 aromatic heterocycles. The number of likely N-dealkylation sites (tertiary alicyclic amines) is 1. The third-order valence-electron chi connectivity index (χ3n) is 5.53. The zero-order chi connectivity index (χ0) is 19.7. The number of hydrogen-bond acceptors (Lipinski definition) is 4. The summed E-state index contributed by atoms with van der Waals surface area (Å²) in [7, 11) is 0. The van der Waals surface area contributed by atoms with Crippen molar-refractivity contribution in [3.05, 3.63) is 48.3 Å². The van der Waals surface area contributed by atoms with E-state index in [0.29, 0.717) is 6.04 Å². The second-order valence-corrected chi connectivity index (χ2v) is 8.10. The van der Waals surface area contributed by atoms with Gasteiger partial charge in [0.15, 0.2) is 0 Å². The number of pyridine rings is 1. The Morgan fingerprint density at radius 2 is 1.93 bits per heavy atom. The summed E-state index contributed by atoms with van der Waals surface area (Å²) in [6.07, 6.45) is 6.00. The Kier molecular flexibility index (Phi) is 5.27. The van der Waals surface area contributed by atoms with Crippen molar-refractivity contribution in [2.45, 2.75) is 58.7 Å². The molecule has 0 spiro atoms. The fourth-order valence-electron chi connectivity index (χ4n) is 4.04. The summed E-state index contributed by atoms with van der Waals surface area (Å²) < 4.78 is 7.95. The minimum absolute atomic E-state index is 0.167. The normalized spacial score (nSPS) is 18.1. The van der Waals surface area contributed by atoms with E-state index < -0.39 is 0 Å². The van der Waals surface area contributed by atoms with Crippen LogP contribution < -0.4 is 10.5 Å². The summed E-state index contributed by atoms with van der Waals surface area (Å²) in [5.74, 6) is 0.887. The molecule has 1 unspecified atom stereocenters. The Balaban J connectivity index is 1.74. The predicted octanol–water partition coefficient (Wildman–Crippen LogP) is 4.75. The highest BCUT2D eigenvalue weighted by atomic mass is 16.5. The van der Waals surface area contributed by atoms with Gasteiger partial charge in [0.05, 0.1) is 17.5 Å². The quantitative estimate of drug-likeness (QED) is 0.696. The van der Waals surface area contributed by atoms with E-state index in [1.54, 1.807) is 0 Å². The van der Waals surface area contributed by atoms with Crippen LogP contribution in [0.3, 0.4) is 0 Å². The molecule has 0 radical (unpaired) electrons. The Morgan fingerprint density at radius 1 is 1.14 bits per heavy atom. The summed E-state index contributed by atoms with van der Waals surface area (Å²) in [6, 6.07) is 12.8. The maximum Gasteiger partial charge on any atom is 0.137 e. The van der Waals surface area contributed by atoms with Crippen LogP contribution in [-0.4, -0.2) is 33.0 Å². The first-order valence-corrected chi connectivity index (χ1v) is 10.3. The summed E-state index contributed by atoms with van der Waals surface area (Å²) in [4.78, 5) is 7.51. The van der Waals surface area contributed by atoms with Gasteiger partial charge in [-0.2, -0.15) is 0 Å². The summed E-state index contributed by atoms with van der Waals surface area (Å²) in [5.41, 5.74) is 11.1. The molecule has 0 bridgehead atoms. The standard InChI is InChI=1S/C23H30N4O/c1-16(2)28-20-10-7-18(8-11-20)23-21(15-26-13-5-4-6-17(26)3)27-14-19(24)9-12-22(27)25-23/h7-12,14,16-17H,4-6,13,15,24H2,1-3H3. The molecule has 1 saturated heterocycles. The molecule has 4 rings (SSSR count). The van der Waals surface area contributed by atoms with Gasteiger partial charge in [-0.25, -0.2) is 4.98 Å². The minimum Gasteiger partial charge on any atom is -0.491 e. The van der Waals surface area contributed by atoms with Crippen LogP contribution in [0.15, 0.2) is 42.6 Å². The molecular weight excluding hydrogens is 348 g/mol. The van der Waals surface area contributed by atoms with E-state index in [4.69, 9.17) is 15.5 Å². The van der Waals surface area contributed by atoms with Gasteiger partial charge in [0, 0.05) is 30.0 Å². The van der Waals surface area contributed by atoms with Crippen LogP contribution in [0.4, 0.5) is 5.69 Å².